The maximum absolute atomic E-state index is 13.3. The summed E-state index contributed by atoms with van der Waals surface area (Å²) in [5.41, 5.74) is 1.39. The van der Waals surface area contributed by atoms with Crippen molar-refractivity contribution >= 4 is 34.7 Å². The molecule has 29 heavy (non-hydrogen) atoms. The van der Waals surface area contributed by atoms with Gasteiger partial charge in [-0.15, -0.1) is 0 Å². The monoisotopic (exact) mass is 400 g/mol. The van der Waals surface area contributed by atoms with E-state index < -0.39 is 34.9 Å². The zero-order chi connectivity index (χ0) is 21.0. The molecule has 0 fully saturated rings. The fourth-order valence-corrected chi connectivity index (χ4v) is 2.67. The van der Waals surface area contributed by atoms with Crippen LogP contribution in [0.15, 0.2) is 47.6 Å². The number of carbonyl (C=O) groups excluding carboxylic acids is 2. The van der Waals surface area contributed by atoms with Crippen molar-refractivity contribution in [1.82, 2.24) is 0 Å². The molecule has 1 heterocycles. The molecule has 1 amide bonds. The molecule has 10 heteroatoms. The third kappa shape index (κ3) is 4.92. The minimum atomic E-state index is -1.02. The Morgan fingerprint density at radius 3 is 2.62 bits per heavy atom. The van der Waals surface area contributed by atoms with Gasteiger partial charge in [-0.05, 0) is 43.3 Å². The van der Waals surface area contributed by atoms with E-state index >= 15 is 0 Å². The summed E-state index contributed by atoms with van der Waals surface area (Å²) in [7, 11) is 0. The van der Waals surface area contributed by atoms with Crippen molar-refractivity contribution in [2.45, 2.75) is 13.3 Å². The van der Waals surface area contributed by atoms with Crippen molar-refractivity contribution in [1.29, 1.82) is 0 Å². The minimum Gasteiger partial charge on any atom is -0.452 e. The van der Waals surface area contributed by atoms with Crippen LogP contribution in [0.3, 0.4) is 0 Å². The number of hydrogen-bond donors (Lipinski definition) is 1. The average Bonchev–Trinajstić information content (AvgIpc) is 3.14. The molecule has 9 nitrogen and oxygen atoms in total. The van der Waals surface area contributed by atoms with Crippen LogP contribution in [0.1, 0.15) is 23.7 Å². The highest BCUT2D eigenvalue weighted by Crippen LogP contribution is 2.22. The van der Waals surface area contributed by atoms with Crippen molar-refractivity contribution < 1.29 is 23.6 Å². The smallest absolute Gasteiger partial charge is 0.338 e. The number of nitro benzene ring substituents is 1. The number of hydrazone groups is 1. The molecule has 0 radical (unpaired) electrons. The standard InChI is InChI=1S/C19H17FN4O5/c1-12-8-9-23(22-12)15-5-2-13(3-6-15)19(26)29-11-18(25)21-14-4-7-16(20)17(10-14)24(27)28/h2-7,10H,8-9,11H2,1H3,(H,21,25). The number of benzene rings is 2. The van der Waals surface area contributed by atoms with Crippen molar-refractivity contribution in [3.63, 3.8) is 0 Å². The number of esters is 1. The number of nitrogens with one attached hydrogen (secondary N) is 1. The van der Waals surface area contributed by atoms with E-state index in [1.54, 1.807) is 24.3 Å². The highest BCUT2D eigenvalue weighted by Gasteiger charge is 2.17. The van der Waals surface area contributed by atoms with Crippen molar-refractivity contribution in [3.8, 4) is 0 Å². The number of nitro groups is 1. The Morgan fingerprint density at radius 1 is 1.28 bits per heavy atom. The molecule has 150 valence electrons. The van der Waals surface area contributed by atoms with Crippen LogP contribution in [0.5, 0.6) is 0 Å². The molecule has 0 aromatic heterocycles. The average molecular weight is 400 g/mol. The van der Waals surface area contributed by atoms with Gasteiger partial charge in [0.25, 0.3) is 5.91 Å². The molecule has 0 unspecified atom stereocenters. The summed E-state index contributed by atoms with van der Waals surface area (Å²) in [6, 6.07) is 9.53. The van der Waals surface area contributed by atoms with Gasteiger partial charge in [-0.25, -0.2) is 4.79 Å². The second kappa shape index (κ2) is 8.46. The van der Waals surface area contributed by atoms with Gasteiger partial charge < -0.3 is 10.1 Å². The number of carbonyl (C=O) groups is 2. The van der Waals surface area contributed by atoms with E-state index in [0.29, 0.717) is 0 Å². The number of amides is 1. The number of anilines is 2. The molecule has 0 atom stereocenters. The molecule has 1 aliphatic rings. The Kier molecular flexibility index (Phi) is 5.82. The maximum atomic E-state index is 13.3. The van der Waals surface area contributed by atoms with Gasteiger partial charge in [0.15, 0.2) is 6.61 Å². The highest BCUT2D eigenvalue weighted by atomic mass is 19.1. The van der Waals surface area contributed by atoms with Crippen molar-refractivity contribution in [2.75, 3.05) is 23.5 Å². The van der Waals surface area contributed by atoms with E-state index in [1.807, 2.05) is 11.9 Å². The first-order chi connectivity index (χ1) is 13.8. The number of halogens is 1. The fraction of sp³-hybridized carbons (Fsp3) is 0.211. The number of rotatable bonds is 6. The number of hydrogen-bond acceptors (Lipinski definition) is 7. The normalized spacial score (nSPS) is 13.0. The predicted octanol–water partition coefficient (Wildman–Crippen LogP) is 3.12. The van der Waals surface area contributed by atoms with E-state index in [0.717, 1.165) is 36.5 Å². The molecule has 2 aromatic carbocycles. The maximum Gasteiger partial charge on any atom is 0.338 e. The topological polar surface area (TPSA) is 114 Å². The van der Waals surface area contributed by atoms with Crippen LogP contribution in [0, 0.1) is 15.9 Å². The molecule has 1 N–H and O–H groups in total. The van der Waals surface area contributed by atoms with Crippen LogP contribution in [0.2, 0.25) is 0 Å². The summed E-state index contributed by atoms with van der Waals surface area (Å²) in [6.07, 6.45) is 0.885. The van der Waals surface area contributed by atoms with Crippen LogP contribution in [0.25, 0.3) is 0 Å². The first kappa shape index (κ1) is 19.9. The van der Waals surface area contributed by atoms with Gasteiger partial charge in [-0.3, -0.25) is 19.9 Å². The summed E-state index contributed by atoms with van der Waals surface area (Å²) in [4.78, 5) is 33.8. The summed E-state index contributed by atoms with van der Waals surface area (Å²) in [5, 5.41) is 19.2. The van der Waals surface area contributed by atoms with Crippen molar-refractivity contribution in [3.05, 3.63) is 64.0 Å². The zero-order valence-corrected chi connectivity index (χ0v) is 15.4. The lowest BCUT2D eigenvalue weighted by molar-refractivity contribution is -0.387. The van der Waals surface area contributed by atoms with Gasteiger partial charge in [-0.1, -0.05) is 0 Å². The van der Waals surface area contributed by atoms with E-state index in [1.165, 1.54) is 6.07 Å². The van der Waals surface area contributed by atoms with Gasteiger partial charge in [0.2, 0.25) is 5.82 Å². The Morgan fingerprint density at radius 2 is 2.00 bits per heavy atom. The zero-order valence-electron chi connectivity index (χ0n) is 15.4. The Labute approximate surface area is 164 Å². The van der Waals surface area contributed by atoms with Gasteiger partial charge >= 0.3 is 11.7 Å². The number of nitrogens with zero attached hydrogens (tertiary/aromatic N) is 3. The van der Waals surface area contributed by atoms with Gasteiger partial charge in [0.05, 0.1) is 16.2 Å². The van der Waals surface area contributed by atoms with Crippen LogP contribution in [-0.4, -0.2) is 35.7 Å². The molecule has 0 bridgehead atoms. The molecule has 0 saturated heterocycles. The van der Waals surface area contributed by atoms with Crippen LogP contribution >= 0.6 is 0 Å². The van der Waals surface area contributed by atoms with E-state index in [9.17, 15) is 24.1 Å². The predicted molar refractivity (Wildman–Crippen MR) is 103 cm³/mol. The highest BCUT2D eigenvalue weighted by molar-refractivity contribution is 5.95. The van der Waals surface area contributed by atoms with Gasteiger partial charge in [-0.2, -0.15) is 9.49 Å². The van der Waals surface area contributed by atoms with Crippen LogP contribution < -0.4 is 10.3 Å². The summed E-state index contributed by atoms with van der Waals surface area (Å²) in [6.45, 7) is 2.12. The molecular weight excluding hydrogens is 383 g/mol. The quantitative estimate of drug-likeness (QED) is 0.453. The van der Waals surface area contributed by atoms with Crippen LogP contribution in [-0.2, 0) is 9.53 Å². The van der Waals surface area contributed by atoms with E-state index in [2.05, 4.69) is 10.4 Å². The van der Waals surface area contributed by atoms with Crippen LogP contribution in [0.4, 0.5) is 21.5 Å². The lowest BCUT2D eigenvalue weighted by Gasteiger charge is -2.13. The first-order valence-corrected chi connectivity index (χ1v) is 8.66. The number of ether oxygens (including phenoxy) is 1. The second-order valence-corrected chi connectivity index (χ2v) is 6.30. The Hall–Kier alpha value is -3.82. The minimum absolute atomic E-state index is 0.0185. The third-order valence-corrected chi connectivity index (χ3v) is 4.14. The lowest BCUT2D eigenvalue weighted by atomic mass is 10.2. The lowest BCUT2D eigenvalue weighted by Crippen LogP contribution is -2.21. The van der Waals surface area contributed by atoms with E-state index in [4.69, 9.17) is 4.74 Å². The fourth-order valence-electron chi connectivity index (χ4n) is 2.67. The summed E-state index contributed by atoms with van der Waals surface area (Å²) >= 11 is 0. The Bertz CT molecular complexity index is 991. The van der Waals surface area contributed by atoms with Gasteiger partial charge in [0, 0.05) is 30.4 Å². The molecule has 2 aromatic rings. The molecule has 0 aliphatic carbocycles. The third-order valence-electron chi connectivity index (χ3n) is 4.14. The van der Waals surface area contributed by atoms with Gasteiger partial charge in [0.1, 0.15) is 0 Å². The van der Waals surface area contributed by atoms with E-state index in [-0.39, 0.29) is 11.3 Å². The largest absolute Gasteiger partial charge is 0.452 e. The molecular formula is C19H17FN4O5. The van der Waals surface area contributed by atoms with Crippen molar-refractivity contribution in [2.24, 2.45) is 5.10 Å². The molecule has 3 rings (SSSR count). The SMILES string of the molecule is CC1=NN(c2ccc(C(=O)OCC(=O)Nc3ccc(F)c([N+](=O)[O-])c3)cc2)CC1. The Balaban J connectivity index is 1.54. The summed E-state index contributed by atoms with van der Waals surface area (Å²) in [5.74, 6) is -2.42. The molecule has 0 spiro atoms. The summed E-state index contributed by atoms with van der Waals surface area (Å²) < 4.78 is 18.3. The first-order valence-electron chi connectivity index (χ1n) is 8.66. The molecule has 0 saturated carbocycles. The second-order valence-electron chi connectivity index (χ2n) is 6.30. The molecule has 1 aliphatic heterocycles.